The van der Waals surface area contributed by atoms with Crippen LogP contribution in [-0.4, -0.2) is 38.4 Å². The largest absolute Gasteiger partial charge is 0.423 e. The summed E-state index contributed by atoms with van der Waals surface area (Å²) in [4.78, 5) is 23.9. The van der Waals surface area contributed by atoms with Crippen LogP contribution in [0.1, 0.15) is 12.8 Å². The number of piperidine rings is 1. The summed E-state index contributed by atoms with van der Waals surface area (Å²) in [5.41, 5.74) is 0.410. The summed E-state index contributed by atoms with van der Waals surface area (Å²) in [7, 11) is -3.57. The van der Waals surface area contributed by atoms with Gasteiger partial charge in [0, 0.05) is 23.4 Å². The molecule has 0 aliphatic carbocycles. The molecule has 0 atom stereocenters. The molecule has 1 amide bonds. The van der Waals surface area contributed by atoms with Crippen LogP contribution in [0.25, 0.3) is 11.0 Å². The van der Waals surface area contributed by atoms with Crippen molar-refractivity contribution in [3.63, 3.8) is 0 Å². The fraction of sp³-hybridized carbons (Fsp3) is 0.375. The van der Waals surface area contributed by atoms with Gasteiger partial charge in [-0.2, -0.15) is 0 Å². The maximum Gasteiger partial charge on any atom is 0.336 e. The van der Waals surface area contributed by atoms with E-state index < -0.39 is 26.1 Å². The first kappa shape index (κ1) is 16.7. The highest BCUT2D eigenvalue weighted by Gasteiger charge is 2.48. The average molecular weight is 350 g/mol. The van der Waals surface area contributed by atoms with Gasteiger partial charge in [0.2, 0.25) is 5.91 Å². The molecule has 24 heavy (non-hydrogen) atoms. The van der Waals surface area contributed by atoms with E-state index in [4.69, 9.17) is 4.42 Å². The Morgan fingerprint density at radius 1 is 1.21 bits per heavy atom. The van der Waals surface area contributed by atoms with Crippen molar-refractivity contribution in [1.29, 1.82) is 0 Å². The third-order valence-electron chi connectivity index (χ3n) is 4.41. The van der Waals surface area contributed by atoms with Crippen LogP contribution in [0, 0.1) is 0 Å². The van der Waals surface area contributed by atoms with Crippen LogP contribution in [0.3, 0.4) is 0 Å². The molecule has 128 valence electrons. The first-order valence-electron chi connectivity index (χ1n) is 7.58. The van der Waals surface area contributed by atoms with Crippen molar-refractivity contribution in [2.75, 3.05) is 24.7 Å². The number of anilines is 1. The topological polar surface area (TPSA) is 105 Å². The smallest absolute Gasteiger partial charge is 0.336 e. The lowest BCUT2D eigenvalue weighted by Crippen LogP contribution is -2.55. The number of fused-ring (bicyclic) bond motifs is 1. The predicted molar refractivity (Wildman–Crippen MR) is 90.8 cm³/mol. The Kier molecular flexibility index (Phi) is 4.18. The summed E-state index contributed by atoms with van der Waals surface area (Å²) in [5, 5.41) is 6.42. The minimum Gasteiger partial charge on any atom is -0.423 e. The standard InChI is InChI=1S/C16H18N2O5S/c1-24(21,22)16(6-8-17-9-7-16)15(20)18-12-3-4-13-11(10-12)2-5-14(19)23-13/h2-5,10,17H,6-9H2,1H3,(H,18,20). The van der Waals surface area contributed by atoms with E-state index in [1.165, 1.54) is 6.07 Å². The van der Waals surface area contributed by atoms with Gasteiger partial charge in [-0.1, -0.05) is 0 Å². The van der Waals surface area contributed by atoms with E-state index in [-0.39, 0.29) is 12.8 Å². The number of benzene rings is 1. The van der Waals surface area contributed by atoms with Crippen molar-refractivity contribution in [1.82, 2.24) is 5.32 Å². The van der Waals surface area contributed by atoms with E-state index in [9.17, 15) is 18.0 Å². The van der Waals surface area contributed by atoms with Gasteiger partial charge >= 0.3 is 5.63 Å². The fourth-order valence-electron chi connectivity index (χ4n) is 2.99. The molecule has 7 nitrogen and oxygen atoms in total. The van der Waals surface area contributed by atoms with Crippen LogP contribution >= 0.6 is 0 Å². The third kappa shape index (κ3) is 2.94. The molecule has 2 heterocycles. The van der Waals surface area contributed by atoms with E-state index in [1.807, 2.05) is 0 Å². The van der Waals surface area contributed by atoms with E-state index in [0.717, 1.165) is 6.26 Å². The molecule has 1 aromatic carbocycles. The molecule has 0 radical (unpaired) electrons. The lowest BCUT2D eigenvalue weighted by Gasteiger charge is -2.34. The van der Waals surface area contributed by atoms with E-state index in [2.05, 4.69) is 10.6 Å². The van der Waals surface area contributed by atoms with E-state index in [1.54, 1.807) is 24.3 Å². The Balaban J connectivity index is 1.93. The average Bonchev–Trinajstić information content (AvgIpc) is 2.54. The second-order valence-electron chi connectivity index (χ2n) is 5.98. The summed E-state index contributed by atoms with van der Waals surface area (Å²) in [6, 6.07) is 7.68. The molecule has 2 aromatic rings. The Bertz CT molecular complexity index is 942. The number of nitrogens with one attached hydrogen (secondary N) is 2. The van der Waals surface area contributed by atoms with Crippen molar-refractivity contribution in [2.24, 2.45) is 0 Å². The number of hydrogen-bond acceptors (Lipinski definition) is 6. The Morgan fingerprint density at radius 2 is 1.92 bits per heavy atom. The predicted octanol–water partition coefficient (Wildman–Crippen LogP) is 0.898. The zero-order chi connectivity index (χ0) is 17.4. The highest BCUT2D eigenvalue weighted by molar-refractivity contribution is 7.92. The fourth-order valence-corrected chi connectivity index (χ4v) is 4.32. The molecule has 1 aromatic heterocycles. The minimum absolute atomic E-state index is 0.236. The first-order valence-corrected chi connectivity index (χ1v) is 9.47. The Labute approximate surface area is 139 Å². The zero-order valence-electron chi connectivity index (χ0n) is 13.2. The van der Waals surface area contributed by atoms with Gasteiger partial charge in [0.25, 0.3) is 0 Å². The van der Waals surface area contributed by atoms with Crippen LogP contribution in [-0.2, 0) is 14.6 Å². The van der Waals surface area contributed by atoms with Gasteiger partial charge < -0.3 is 15.1 Å². The molecule has 0 spiro atoms. The maximum atomic E-state index is 12.7. The van der Waals surface area contributed by atoms with Crippen LogP contribution in [0.2, 0.25) is 0 Å². The summed E-state index contributed by atoms with van der Waals surface area (Å²) < 4.78 is 28.1. The molecule has 1 aliphatic rings. The Hall–Kier alpha value is -2.19. The lowest BCUT2D eigenvalue weighted by atomic mass is 9.95. The molecule has 1 aliphatic heterocycles. The summed E-state index contributed by atoms with van der Waals surface area (Å²) in [6.07, 6.45) is 1.58. The monoisotopic (exact) mass is 350 g/mol. The van der Waals surface area contributed by atoms with Crippen molar-refractivity contribution in [3.8, 4) is 0 Å². The van der Waals surface area contributed by atoms with Crippen LogP contribution < -0.4 is 16.3 Å². The zero-order valence-corrected chi connectivity index (χ0v) is 14.0. The third-order valence-corrected chi connectivity index (χ3v) is 6.43. The van der Waals surface area contributed by atoms with Gasteiger partial charge in [0.1, 0.15) is 5.58 Å². The van der Waals surface area contributed by atoms with Crippen LogP contribution in [0.4, 0.5) is 5.69 Å². The van der Waals surface area contributed by atoms with Gasteiger partial charge in [0.15, 0.2) is 14.6 Å². The quantitative estimate of drug-likeness (QED) is 0.797. The number of rotatable bonds is 3. The molecule has 3 rings (SSSR count). The van der Waals surface area contributed by atoms with Gasteiger partial charge in [-0.25, -0.2) is 13.2 Å². The van der Waals surface area contributed by atoms with Gasteiger partial charge in [0.05, 0.1) is 0 Å². The molecule has 0 saturated carbocycles. The number of carbonyl (C=O) groups is 1. The molecule has 8 heteroatoms. The summed E-state index contributed by atoms with van der Waals surface area (Å²) in [5.74, 6) is -0.525. The van der Waals surface area contributed by atoms with E-state index >= 15 is 0 Å². The molecule has 1 fully saturated rings. The second kappa shape index (κ2) is 6.03. The molecular formula is C16H18N2O5S. The van der Waals surface area contributed by atoms with Gasteiger partial charge in [-0.05, 0) is 50.2 Å². The normalized spacial score (nSPS) is 17.5. The maximum absolute atomic E-state index is 12.7. The van der Waals surface area contributed by atoms with Gasteiger partial charge in [-0.3, -0.25) is 4.79 Å². The molecule has 1 saturated heterocycles. The SMILES string of the molecule is CS(=O)(=O)C1(C(=O)Nc2ccc3oc(=O)ccc3c2)CCNCC1. The number of amides is 1. The molecule has 0 bridgehead atoms. The molecule has 0 unspecified atom stereocenters. The first-order chi connectivity index (χ1) is 11.3. The Morgan fingerprint density at radius 3 is 2.58 bits per heavy atom. The number of carbonyl (C=O) groups excluding carboxylic acids is 1. The van der Waals surface area contributed by atoms with Crippen molar-refractivity contribution >= 4 is 32.4 Å². The highest BCUT2D eigenvalue weighted by atomic mass is 32.2. The molecular weight excluding hydrogens is 332 g/mol. The summed E-state index contributed by atoms with van der Waals surface area (Å²) >= 11 is 0. The second-order valence-corrected chi connectivity index (χ2v) is 8.30. The minimum atomic E-state index is -3.57. The number of sulfone groups is 1. The highest BCUT2D eigenvalue weighted by Crippen LogP contribution is 2.30. The lowest BCUT2D eigenvalue weighted by molar-refractivity contribution is -0.119. The van der Waals surface area contributed by atoms with Crippen molar-refractivity contribution < 1.29 is 17.6 Å². The van der Waals surface area contributed by atoms with Crippen LogP contribution in [0.15, 0.2) is 39.5 Å². The van der Waals surface area contributed by atoms with Crippen molar-refractivity contribution in [3.05, 3.63) is 40.8 Å². The number of hydrogen-bond donors (Lipinski definition) is 2. The summed E-state index contributed by atoms with van der Waals surface area (Å²) in [6.45, 7) is 0.951. The molecule has 2 N–H and O–H groups in total. The van der Waals surface area contributed by atoms with Crippen LogP contribution in [0.5, 0.6) is 0 Å². The van der Waals surface area contributed by atoms with E-state index in [0.29, 0.717) is 29.7 Å². The van der Waals surface area contributed by atoms with Crippen molar-refractivity contribution in [2.45, 2.75) is 17.6 Å². The van der Waals surface area contributed by atoms with Gasteiger partial charge in [-0.15, -0.1) is 0 Å².